The average molecular weight is 255 g/mol. The lowest BCUT2D eigenvalue weighted by molar-refractivity contribution is 0.0365. The highest BCUT2D eigenvalue weighted by Gasteiger charge is 2.07. The predicted molar refractivity (Wildman–Crippen MR) is 69.0 cm³/mol. The van der Waals surface area contributed by atoms with Gasteiger partial charge in [-0.05, 0) is 6.42 Å². The second kappa shape index (κ2) is 8.66. The van der Waals surface area contributed by atoms with E-state index in [1.807, 2.05) is 6.92 Å². The standard InChI is InChI=1S/C12H21N3O3/c1-4-5-18-12-6-11(14-9-15-12)13-7-10(17-3)8-16-2/h6,9-10H,4-5,7-8H2,1-3H3,(H,13,14,15). The molecular formula is C12H21N3O3. The molecule has 0 bridgehead atoms. The molecule has 1 rings (SSSR count). The minimum Gasteiger partial charge on any atom is -0.478 e. The average Bonchev–Trinajstić information content (AvgIpc) is 2.41. The fraction of sp³-hybridized carbons (Fsp3) is 0.667. The zero-order valence-electron chi connectivity index (χ0n) is 11.2. The van der Waals surface area contributed by atoms with Gasteiger partial charge < -0.3 is 19.5 Å². The van der Waals surface area contributed by atoms with Gasteiger partial charge in [-0.1, -0.05) is 6.92 Å². The van der Waals surface area contributed by atoms with Gasteiger partial charge in [0.1, 0.15) is 12.1 Å². The largest absolute Gasteiger partial charge is 0.478 e. The Bertz CT molecular complexity index is 336. The highest BCUT2D eigenvalue weighted by Crippen LogP contribution is 2.11. The summed E-state index contributed by atoms with van der Waals surface area (Å²) in [6.45, 7) is 3.86. The smallest absolute Gasteiger partial charge is 0.218 e. The first-order valence-electron chi connectivity index (χ1n) is 6.00. The second-order valence-corrected chi connectivity index (χ2v) is 3.78. The molecule has 0 aliphatic carbocycles. The number of hydrogen-bond donors (Lipinski definition) is 1. The van der Waals surface area contributed by atoms with Gasteiger partial charge in [0.25, 0.3) is 0 Å². The van der Waals surface area contributed by atoms with Crippen LogP contribution in [0, 0.1) is 0 Å². The van der Waals surface area contributed by atoms with E-state index in [0.29, 0.717) is 31.5 Å². The van der Waals surface area contributed by atoms with Gasteiger partial charge in [-0.25, -0.2) is 9.97 Å². The number of methoxy groups -OCH3 is 2. The fourth-order valence-corrected chi connectivity index (χ4v) is 1.34. The van der Waals surface area contributed by atoms with E-state index in [-0.39, 0.29) is 6.10 Å². The first kappa shape index (κ1) is 14.7. The van der Waals surface area contributed by atoms with Crippen LogP contribution in [0.25, 0.3) is 0 Å². The first-order valence-corrected chi connectivity index (χ1v) is 6.00. The lowest BCUT2D eigenvalue weighted by atomic mass is 10.3. The number of ether oxygens (including phenoxy) is 3. The minimum atomic E-state index is -0.00928. The SMILES string of the molecule is CCCOc1cc(NCC(COC)OC)ncn1. The molecule has 1 atom stereocenters. The summed E-state index contributed by atoms with van der Waals surface area (Å²) < 4.78 is 15.7. The van der Waals surface area contributed by atoms with E-state index in [1.165, 1.54) is 6.33 Å². The van der Waals surface area contributed by atoms with Gasteiger partial charge in [-0.3, -0.25) is 0 Å². The van der Waals surface area contributed by atoms with Crippen molar-refractivity contribution in [3.63, 3.8) is 0 Å². The van der Waals surface area contributed by atoms with Gasteiger partial charge in [0.2, 0.25) is 5.88 Å². The maximum absolute atomic E-state index is 5.43. The predicted octanol–water partition coefficient (Wildman–Crippen LogP) is 1.34. The Kier molecular flexibility index (Phi) is 7.05. The third-order valence-electron chi connectivity index (χ3n) is 2.29. The summed E-state index contributed by atoms with van der Waals surface area (Å²) in [7, 11) is 3.30. The first-order chi connectivity index (χ1) is 8.80. The van der Waals surface area contributed by atoms with Crippen LogP contribution in [-0.2, 0) is 9.47 Å². The Morgan fingerprint density at radius 3 is 2.83 bits per heavy atom. The summed E-state index contributed by atoms with van der Waals surface area (Å²) in [5.74, 6) is 1.30. The van der Waals surface area contributed by atoms with Crippen molar-refractivity contribution in [2.24, 2.45) is 0 Å². The molecule has 102 valence electrons. The summed E-state index contributed by atoms with van der Waals surface area (Å²) in [6, 6.07) is 1.77. The third-order valence-corrected chi connectivity index (χ3v) is 2.29. The molecule has 18 heavy (non-hydrogen) atoms. The van der Waals surface area contributed by atoms with E-state index in [4.69, 9.17) is 14.2 Å². The Morgan fingerprint density at radius 2 is 2.17 bits per heavy atom. The molecule has 1 unspecified atom stereocenters. The topological polar surface area (TPSA) is 65.5 Å². The monoisotopic (exact) mass is 255 g/mol. The Balaban J connectivity index is 2.45. The maximum Gasteiger partial charge on any atom is 0.218 e. The molecule has 0 fully saturated rings. The van der Waals surface area contributed by atoms with Crippen molar-refractivity contribution in [1.29, 1.82) is 0 Å². The van der Waals surface area contributed by atoms with Crippen molar-refractivity contribution in [1.82, 2.24) is 9.97 Å². The van der Waals surface area contributed by atoms with Crippen molar-refractivity contribution in [3.8, 4) is 5.88 Å². The molecule has 0 saturated carbocycles. The molecule has 0 aromatic carbocycles. The number of nitrogens with zero attached hydrogens (tertiary/aromatic N) is 2. The molecule has 6 nitrogen and oxygen atoms in total. The molecule has 0 spiro atoms. The maximum atomic E-state index is 5.43. The number of nitrogens with one attached hydrogen (secondary N) is 1. The number of anilines is 1. The van der Waals surface area contributed by atoms with Crippen molar-refractivity contribution >= 4 is 5.82 Å². The highest BCUT2D eigenvalue weighted by atomic mass is 16.5. The molecule has 0 saturated heterocycles. The zero-order valence-corrected chi connectivity index (χ0v) is 11.2. The van der Waals surface area contributed by atoms with Crippen LogP contribution in [0.5, 0.6) is 5.88 Å². The number of rotatable bonds is 9. The molecule has 1 heterocycles. The van der Waals surface area contributed by atoms with Gasteiger partial charge in [0.15, 0.2) is 0 Å². The molecule has 0 aliphatic rings. The van der Waals surface area contributed by atoms with Crippen molar-refractivity contribution < 1.29 is 14.2 Å². The molecule has 0 aliphatic heterocycles. The van der Waals surface area contributed by atoms with Crippen LogP contribution in [0.3, 0.4) is 0 Å². The Morgan fingerprint density at radius 1 is 1.33 bits per heavy atom. The summed E-state index contributed by atoms with van der Waals surface area (Å²) in [6.07, 6.45) is 2.42. The number of aromatic nitrogens is 2. The lowest BCUT2D eigenvalue weighted by Gasteiger charge is -2.15. The summed E-state index contributed by atoms with van der Waals surface area (Å²) in [4.78, 5) is 8.15. The van der Waals surface area contributed by atoms with Crippen LogP contribution in [0.1, 0.15) is 13.3 Å². The normalized spacial score (nSPS) is 12.2. The number of hydrogen-bond acceptors (Lipinski definition) is 6. The van der Waals surface area contributed by atoms with E-state index in [2.05, 4.69) is 15.3 Å². The molecule has 1 aromatic rings. The van der Waals surface area contributed by atoms with Crippen LogP contribution in [0.4, 0.5) is 5.82 Å². The lowest BCUT2D eigenvalue weighted by Crippen LogP contribution is -2.26. The van der Waals surface area contributed by atoms with Gasteiger partial charge >= 0.3 is 0 Å². The van der Waals surface area contributed by atoms with E-state index in [1.54, 1.807) is 20.3 Å². The molecule has 6 heteroatoms. The quantitative estimate of drug-likeness (QED) is 0.718. The summed E-state index contributed by atoms with van der Waals surface area (Å²) in [5, 5.41) is 3.16. The van der Waals surface area contributed by atoms with Crippen molar-refractivity contribution in [2.45, 2.75) is 19.4 Å². The van der Waals surface area contributed by atoms with Gasteiger partial charge in [-0.2, -0.15) is 0 Å². The van der Waals surface area contributed by atoms with Crippen LogP contribution in [-0.4, -0.2) is 50.1 Å². The second-order valence-electron chi connectivity index (χ2n) is 3.78. The molecule has 0 radical (unpaired) electrons. The minimum absolute atomic E-state index is 0.00928. The van der Waals surface area contributed by atoms with Crippen LogP contribution in [0.15, 0.2) is 12.4 Å². The third kappa shape index (κ3) is 5.29. The molecular weight excluding hydrogens is 234 g/mol. The molecule has 1 N–H and O–H groups in total. The van der Waals surface area contributed by atoms with E-state index < -0.39 is 0 Å². The van der Waals surface area contributed by atoms with Crippen LogP contribution >= 0.6 is 0 Å². The van der Waals surface area contributed by atoms with Crippen LogP contribution < -0.4 is 10.1 Å². The molecule has 1 aromatic heterocycles. The van der Waals surface area contributed by atoms with E-state index in [9.17, 15) is 0 Å². The zero-order chi connectivity index (χ0) is 13.2. The van der Waals surface area contributed by atoms with E-state index in [0.717, 1.165) is 6.42 Å². The fourth-order valence-electron chi connectivity index (χ4n) is 1.34. The van der Waals surface area contributed by atoms with Gasteiger partial charge in [0.05, 0.1) is 19.3 Å². The van der Waals surface area contributed by atoms with Crippen molar-refractivity contribution in [3.05, 3.63) is 12.4 Å². The summed E-state index contributed by atoms with van der Waals surface area (Å²) in [5.41, 5.74) is 0. The van der Waals surface area contributed by atoms with E-state index >= 15 is 0 Å². The van der Waals surface area contributed by atoms with Crippen molar-refractivity contribution in [2.75, 3.05) is 39.3 Å². The van der Waals surface area contributed by atoms with Gasteiger partial charge in [0, 0.05) is 26.8 Å². The Hall–Kier alpha value is -1.40. The van der Waals surface area contributed by atoms with Crippen LogP contribution in [0.2, 0.25) is 0 Å². The summed E-state index contributed by atoms with van der Waals surface area (Å²) >= 11 is 0. The highest BCUT2D eigenvalue weighted by molar-refractivity contribution is 5.37. The Labute approximate surface area is 108 Å². The van der Waals surface area contributed by atoms with Gasteiger partial charge in [-0.15, -0.1) is 0 Å². The molecule has 0 amide bonds.